The van der Waals surface area contributed by atoms with E-state index in [0.29, 0.717) is 0 Å². The van der Waals surface area contributed by atoms with Crippen molar-refractivity contribution in [2.75, 3.05) is 0 Å². The summed E-state index contributed by atoms with van der Waals surface area (Å²) >= 11 is 0. The molecule has 0 aromatic rings. The van der Waals surface area contributed by atoms with Crippen molar-refractivity contribution in [3.8, 4) is 11.1 Å². The fourth-order valence-electron chi connectivity index (χ4n) is 0.955. The molecule has 2 rings (SSSR count). The molecule has 0 spiro atoms. The van der Waals surface area contributed by atoms with Gasteiger partial charge < -0.3 is 10.0 Å². The van der Waals surface area contributed by atoms with Gasteiger partial charge in [-0.25, -0.2) is 0 Å². The molecule has 0 aliphatic heterocycles. The zero-order chi connectivity index (χ0) is 8.27. The first-order valence-corrected chi connectivity index (χ1v) is 3.20. The second-order valence-electron chi connectivity index (χ2n) is 2.12. The number of hydrogen-bond donors (Lipinski definition) is 2. The van der Waals surface area contributed by atoms with Crippen LogP contribution in [0.2, 0.25) is 0 Å². The maximum Gasteiger partial charge on any atom is 0.482 e. The molecule has 0 atom stereocenters. The number of benzene rings is 1. The minimum atomic E-state index is 0. The van der Waals surface area contributed by atoms with Crippen LogP contribution in [0.25, 0.3) is 17.2 Å². The standard InChI is InChI=1S/C8H6.BH2O2/c1-2-6-3-4-7-5-8(6)7;2-1-3/h2-5H,1H2;2-3H. The van der Waals surface area contributed by atoms with Gasteiger partial charge >= 0.3 is 7.69 Å². The molecule has 2 aliphatic rings. The molecule has 2 nitrogen and oxygen atoms in total. The summed E-state index contributed by atoms with van der Waals surface area (Å²) in [7, 11) is 0. The van der Waals surface area contributed by atoms with Crippen LogP contribution in [0.3, 0.4) is 0 Å². The van der Waals surface area contributed by atoms with Gasteiger partial charge in [0.15, 0.2) is 0 Å². The molecule has 0 aromatic carbocycles. The Hall–Kier alpha value is -1.06. The van der Waals surface area contributed by atoms with Crippen molar-refractivity contribution < 1.29 is 10.0 Å². The second kappa shape index (κ2) is 3.37. The Balaban J connectivity index is 0.000000179. The summed E-state index contributed by atoms with van der Waals surface area (Å²) in [6, 6.07) is 6.38. The third kappa shape index (κ3) is 1.70. The lowest BCUT2D eigenvalue weighted by atomic mass is 10.3. The van der Waals surface area contributed by atoms with Crippen molar-refractivity contribution in [2.45, 2.75) is 0 Å². The SMILES string of the molecule is C=Cc1ccc2cc1-2.O[B]O. The highest BCUT2D eigenvalue weighted by molar-refractivity contribution is 6.13. The Morgan fingerprint density at radius 3 is 2.18 bits per heavy atom. The van der Waals surface area contributed by atoms with Crippen molar-refractivity contribution in [2.24, 2.45) is 0 Å². The normalized spacial score (nSPS) is 9.27. The zero-order valence-electron chi connectivity index (χ0n) is 5.99. The van der Waals surface area contributed by atoms with Gasteiger partial charge in [-0.2, -0.15) is 0 Å². The fourth-order valence-corrected chi connectivity index (χ4v) is 0.955. The zero-order valence-corrected chi connectivity index (χ0v) is 5.99. The van der Waals surface area contributed by atoms with Crippen molar-refractivity contribution in [3.63, 3.8) is 0 Å². The second-order valence-corrected chi connectivity index (χ2v) is 2.12. The summed E-state index contributed by atoms with van der Waals surface area (Å²) in [5.41, 5.74) is 4.06. The number of fused-ring (bicyclic) bond motifs is 1. The summed E-state index contributed by atoms with van der Waals surface area (Å²) < 4.78 is 0. The molecule has 0 saturated carbocycles. The van der Waals surface area contributed by atoms with Gasteiger partial charge in [0, 0.05) is 0 Å². The molecule has 2 N–H and O–H groups in total. The number of hydrogen-bond acceptors (Lipinski definition) is 2. The van der Waals surface area contributed by atoms with Crippen LogP contribution in [0.1, 0.15) is 5.56 Å². The molecule has 0 aromatic heterocycles. The first-order valence-electron chi connectivity index (χ1n) is 3.20. The van der Waals surface area contributed by atoms with Gasteiger partial charge in [-0.15, -0.1) is 0 Å². The van der Waals surface area contributed by atoms with Gasteiger partial charge in [-0.1, -0.05) is 24.8 Å². The van der Waals surface area contributed by atoms with Crippen molar-refractivity contribution in [1.29, 1.82) is 0 Å². The predicted molar refractivity (Wildman–Crippen MR) is 45.7 cm³/mol. The largest absolute Gasteiger partial charge is 0.482 e. The molecular formula is C8H8BO2. The lowest BCUT2D eigenvalue weighted by Crippen LogP contribution is -1.75. The molecular weight excluding hydrogens is 139 g/mol. The van der Waals surface area contributed by atoms with E-state index in [1.165, 1.54) is 16.7 Å². The van der Waals surface area contributed by atoms with Gasteiger partial charge in [0.2, 0.25) is 0 Å². The Bertz CT molecular complexity index is 271. The van der Waals surface area contributed by atoms with Crippen molar-refractivity contribution in [3.05, 3.63) is 30.3 Å². The van der Waals surface area contributed by atoms with E-state index in [4.69, 9.17) is 10.0 Å². The van der Waals surface area contributed by atoms with E-state index >= 15 is 0 Å². The van der Waals surface area contributed by atoms with E-state index in [0.717, 1.165) is 0 Å². The van der Waals surface area contributed by atoms with Crippen LogP contribution < -0.4 is 0 Å². The van der Waals surface area contributed by atoms with E-state index in [-0.39, 0.29) is 7.69 Å². The van der Waals surface area contributed by atoms with E-state index < -0.39 is 0 Å². The van der Waals surface area contributed by atoms with Crippen LogP contribution in [-0.2, 0) is 0 Å². The molecule has 0 fully saturated rings. The average Bonchev–Trinajstić information content (AvgIpc) is 2.66. The minimum Gasteiger partial charge on any atom is -0.429 e. The van der Waals surface area contributed by atoms with Crippen LogP contribution >= 0.6 is 0 Å². The monoisotopic (exact) mass is 147 g/mol. The van der Waals surface area contributed by atoms with Crippen LogP contribution in [0.5, 0.6) is 0 Å². The first-order chi connectivity index (χ1) is 5.33. The summed E-state index contributed by atoms with van der Waals surface area (Å²) in [4.78, 5) is 0. The molecule has 0 bridgehead atoms. The maximum atomic E-state index is 7.00. The van der Waals surface area contributed by atoms with Gasteiger partial charge in [0.1, 0.15) is 0 Å². The Morgan fingerprint density at radius 1 is 1.36 bits per heavy atom. The average molecular weight is 147 g/mol. The lowest BCUT2D eigenvalue weighted by molar-refractivity contribution is 0.448. The molecule has 0 saturated heterocycles. The topological polar surface area (TPSA) is 40.5 Å². The molecule has 11 heavy (non-hydrogen) atoms. The third-order valence-electron chi connectivity index (χ3n) is 1.50. The first kappa shape index (κ1) is 8.05. The fraction of sp³-hybridized carbons (Fsp3) is 0. The smallest absolute Gasteiger partial charge is 0.429 e. The van der Waals surface area contributed by atoms with E-state index in [1.807, 2.05) is 6.08 Å². The van der Waals surface area contributed by atoms with Crippen molar-refractivity contribution in [1.82, 2.24) is 0 Å². The van der Waals surface area contributed by atoms with Crippen LogP contribution in [0, 0.1) is 0 Å². The number of rotatable bonds is 1. The molecule has 2 aliphatic carbocycles. The molecule has 3 heteroatoms. The quantitative estimate of drug-likeness (QED) is 0.586. The molecule has 0 amide bonds. The van der Waals surface area contributed by atoms with Gasteiger partial charge in [0.05, 0.1) is 0 Å². The summed E-state index contributed by atoms with van der Waals surface area (Å²) in [5.74, 6) is 0. The summed E-state index contributed by atoms with van der Waals surface area (Å²) in [5, 5.41) is 14.0. The molecule has 0 unspecified atom stereocenters. The summed E-state index contributed by atoms with van der Waals surface area (Å²) in [6.07, 6.45) is 1.89. The van der Waals surface area contributed by atoms with E-state index in [1.54, 1.807) is 0 Å². The third-order valence-corrected chi connectivity index (χ3v) is 1.50. The maximum absolute atomic E-state index is 7.00. The Labute approximate surface area is 66.1 Å². The molecule has 55 valence electrons. The highest BCUT2D eigenvalue weighted by Crippen LogP contribution is 2.38. The van der Waals surface area contributed by atoms with Crippen LogP contribution in [-0.4, -0.2) is 17.7 Å². The van der Waals surface area contributed by atoms with Gasteiger partial charge in [-0.3, -0.25) is 0 Å². The van der Waals surface area contributed by atoms with Crippen LogP contribution in [0.15, 0.2) is 24.8 Å². The highest BCUT2D eigenvalue weighted by Gasteiger charge is 2.13. The predicted octanol–water partition coefficient (Wildman–Crippen LogP) is 0.815. The Kier molecular flexibility index (Phi) is 2.46. The van der Waals surface area contributed by atoms with Crippen LogP contribution in [0.4, 0.5) is 0 Å². The highest BCUT2D eigenvalue weighted by atomic mass is 16.4. The van der Waals surface area contributed by atoms with E-state index in [9.17, 15) is 0 Å². The minimum absolute atomic E-state index is 0. The molecule has 0 heterocycles. The van der Waals surface area contributed by atoms with Gasteiger partial charge in [0.25, 0.3) is 0 Å². The van der Waals surface area contributed by atoms with Crippen molar-refractivity contribution >= 4 is 13.8 Å². The summed E-state index contributed by atoms with van der Waals surface area (Å²) in [6.45, 7) is 3.68. The van der Waals surface area contributed by atoms with Gasteiger partial charge in [-0.05, 0) is 22.8 Å². The lowest BCUT2D eigenvalue weighted by Gasteiger charge is -1.76. The molecule has 1 radical (unpaired) electrons. The van der Waals surface area contributed by atoms with E-state index in [2.05, 4.69) is 24.8 Å². The Morgan fingerprint density at radius 2 is 2.00 bits per heavy atom.